The number of benzene rings is 2. The van der Waals surface area contributed by atoms with Gasteiger partial charge in [-0.15, -0.1) is 0 Å². The Bertz CT molecular complexity index is 960. The Hall–Kier alpha value is -2.08. The molecule has 172 valence electrons. The van der Waals surface area contributed by atoms with Crippen molar-refractivity contribution in [1.82, 2.24) is 9.80 Å². The zero-order valence-corrected chi connectivity index (χ0v) is 19.9. The molecule has 2 aromatic carbocycles. The normalized spacial score (nSPS) is 22.3. The summed E-state index contributed by atoms with van der Waals surface area (Å²) in [6, 6.07) is 12.2. The molecule has 2 aromatic rings. The molecule has 2 saturated heterocycles. The lowest BCUT2D eigenvalue weighted by Gasteiger charge is -2.48. The molecule has 0 aliphatic carbocycles. The van der Waals surface area contributed by atoms with Crippen molar-refractivity contribution in [2.24, 2.45) is 0 Å². The Kier molecular flexibility index (Phi) is 7.08. The van der Waals surface area contributed by atoms with Gasteiger partial charge in [-0.1, -0.05) is 17.7 Å². The fourth-order valence-corrected chi connectivity index (χ4v) is 5.21. The molecule has 2 heterocycles. The van der Waals surface area contributed by atoms with E-state index in [0.29, 0.717) is 29.3 Å². The van der Waals surface area contributed by atoms with E-state index in [4.69, 9.17) is 16.3 Å². The predicted octanol–water partition coefficient (Wildman–Crippen LogP) is 4.77. The molecule has 0 aromatic heterocycles. The van der Waals surface area contributed by atoms with Gasteiger partial charge in [0.05, 0.1) is 6.10 Å². The average Bonchev–Trinajstić information content (AvgIpc) is 2.79. The second kappa shape index (κ2) is 9.82. The molecule has 4 rings (SSSR count). The van der Waals surface area contributed by atoms with Crippen molar-refractivity contribution in [3.05, 3.63) is 63.7 Å². The molecule has 3 atom stereocenters. The second-order valence-corrected chi connectivity index (χ2v) is 9.60. The van der Waals surface area contributed by atoms with E-state index in [1.54, 1.807) is 19.1 Å². The van der Waals surface area contributed by atoms with E-state index in [1.165, 1.54) is 11.1 Å². The van der Waals surface area contributed by atoms with Crippen LogP contribution in [0.15, 0.2) is 36.4 Å². The zero-order chi connectivity index (χ0) is 22.8. The van der Waals surface area contributed by atoms with Gasteiger partial charge in [0.25, 0.3) is 5.91 Å². The maximum absolute atomic E-state index is 13.0. The first-order valence-corrected chi connectivity index (χ1v) is 11.9. The fourth-order valence-electron chi connectivity index (χ4n) is 5.09. The molecule has 1 amide bonds. The van der Waals surface area contributed by atoms with Crippen molar-refractivity contribution in [1.29, 1.82) is 0 Å². The lowest BCUT2D eigenvalue weighted by molar-refractivity contribution is 0.0101. The number of rotatable bonds is 5. The minimum atomic E-state index is -0.486. The summed E-state index contributed by atoms with van der Waals surface area (Å²) in [6.45, 7) is 8.69. The molecule has 0 saturated carbocycles. The molecule has 1 N–H and O–H groups in total. The summed E-state index contributed by atoms with van der Waals surface area (Å²) in [6.07, 6.45) is 2.93. The smallest absolute Gasteiger partial charge is 0.253 e. The highest BCUT2D eigenvalue weighted by atomic mass is 35.5. The average molecular weight is 457 g/mol. The number of hydrogen-bond donors (Lipinski definition) is 1. The van der Waals surface area contributed by atoms with Gasteiger partial charge < -0.3 is 14.7 Å². The van der Waals surface area contributed by atoms with Crippen LogP contribution in [0.25, 0.3) is 0 Å². The van der Waals surface area contributed by atoms with Gasteiger partial charge in [-0.05, 0) is 87.1 Å². The number of carbonyl (C=O) groups is 1. The van der Waals surface area contributed by atoms with Crippen LogP contribution in [0.2, 0.25) is 5.02 Å². The van der Waals surface area contributed by atoms with Gasteiger partial charge in [-0.3, -0.25) is 9.69 Å². The summed E-state index contributed by atoms with van der Waals surface area (Å²) in [4.78, 5) is 17.6. The third-order valence-corrected chi connectivity index (χ3v) is 7.19. The number of hydrogen-bond acceptors (Lipinski definition) is 4. The molecule has 2 aliphatic rings. The molecular formula is C26H33ClN2O3. The fraction of sp³-hybridized carbons (Fsp3) is 0.500. The van der Waals surface area contributed by atoms with Crippen molar-refractivity contribution in [2.45, 2.75) is 58.2 Å². The maximum atomic E-state index is 13.0. The Balaban J connectivity index is 1.49. The highest BCUT2D eigenvalue weighted by molar-refractivity contribution is 6.30. The van der Waals surface area contributed by atoms with Crippen LogP contribution in [-0.4, -0.2) is 59.2 Å². The topological polar surface area (TPSA) is 53.0 Å². The Labute approximate surface area is 195 Å². The summed E-state index contributed by atoms with van der Waals surface area (Å²) in [7, 11) is 0. The van der Waals surface area contributed by atoms with Crippen LogP contribution in [0.1, 0.15) is 59.3 Å². The minimum Gasteiger partial charge on any atom is -0.491 e. The van der Waals surface area contributed by atoms with E-state index >= 15 is 0 Å². The molecule has 0 radical (unpaired) electrons. The van der Waals surface area contributed by atoms with Crippen molar-refractivity contribution >= 4 is 17.5 Å². The molecule has 2 fully saturated rings. The molecular weight excluding hydrogens is 424 g/mol. The highest BCUT2D eigenvalue weighted by Gasteiger charge is 2.37. The number of halogens is 1. The SMILES string of the molecule is Cc1c(OC[C@@H](C)O)ccc(C2CCC[C@H]3CN(C(=O)c4ccc(Cl)cc4)CCN23)c1C. The third kappa shape index (κ3) is 4.80. The number of aliphatic hydroxyl groups excluding tert-OH is 1. The Morgan fingerprint density at radius 1 is 1.12 bits per heavy atom. The van der Waals surface area contributed by atoms with E-state index in [1.807, 2.05) is 23.1 Å². The highest BCUT2D eigenvalue weighted by Crippen LogP contribution is 2.39. The van der Waals surface area contributed by atoms with E-state index in [9.17, 15) is 9.90 Å². The van der Waals surface area contributed by atoms with Crippen molar-refractivity contribution in [3.8, 4) is 5.75 Å². The number of aliphatic hydroxyl groups is 1. The van der Waals surface area contributed by atoms with E-state index < -0.39 is 6.10 Å². The maximum Gasteiger partial charge on any atom is 0.253 e. The van der Waals surface area contributed by atoms with Gasteiger partial charge in [0.2, 0.25) is 0 Å². The van der Waals surface area contributed by atoms with E-state index in [0.717, 1.165) is 50.2 Å². The first-order valence-electron chi connectivity index (χ1n) is 11.6. The summed E-state index contributed by atoms with van der Waals surface area (Å²) >= 11 is 5.98. The monoisotopic (exact) mass is 456 g/mol. The molecule has 2 aliphatic heterocycles. The zero-order valence-electron chi connectivity index (χ0n) is 19.2. The van der Waals surface area contributed by atoms with Crippen molar-refractivity contribution < 1.29 is 14.6 Å². The number of piperidine rings is 1. The second-order valence-electron chi connectivity index (χ2n) is 9.16. The molecule has 0 spiro atoms. The van der Waals surface area contributed by atoms with Crippen molar-refractivity contribution in [3.63, 3.8) is 0 Å². The minimum absolute atomic E-state index is 0.0927. The van der Waals surface area contributed by atoms with Crippen LogP contribution in [0.5, 0.6) is 5.75 Å². The van der Waals surface area contributed by atoms with Crippen LogP contribution in [-0.2, 0) is 0 Å². The third-order valence-electron chi connectivity index (χ3n) is 6.94. The van der Waals surface area contributed by atoms with Gasteiger partial charge in [-0.2, -0.15) is 0 Å². The number of piperazine rings is 1. The lowest BCUT2D eigenvalue weighted by Crippen LogP contribution is -2.57. The van der Waals surface area contributed by atoms with E-state index in [2.05, 4.69) is 24.8 Å². The Morgan fingerprint density at radius 2 is 1.88 bits per heavy atom. The molecule has 0 bridgehead atoms. The van der Waals surface area contributed by atoms with Crippen molar-refractivity contribution in [2.75, 3.05) is 26.2 Å². The van der Waals surface area contributed by atoms with Crippen LogP contribution >= 0.6 is 11.6 Å². The number of carbonyl (C=O) groups excluding carboxylic acids is 1. The standard InChI is InChI=1S/C26H33ClN2O3/c1-17(30)16-32-25-12-11-23(18(2)19(25)3)24-6-4-5-22-15-28(13-14-29(22)24)26(31)20-7-9-21(27)10-8-20/h7-12,17,22,24,30H,4-6,13-16H2,1-3H3/t17-,22+,24?/m1/s1. The molecule has 1 unspecified atom stereocenters. The van der Waals surface area contributed by atoms with Gasteiger partial charge in [0, 0.05) is 42.3 Å². The van der Waals surface area contributed by atoms with Crippen LogP contribution in [0, 0.1) is 13.8 Å². The number of fused-ring (bicyclic) bond motifs is 1. The van der Waals surface area contributed by atoms with Gasteiger partial charge in [0.15, 0.2) is 0 Å². The summed E-state index contributed by atoms with van der Waals surface area (Å²) < 4.78 is 5.80. The first kappa shape index (κ1) is 23.1. The summed E-state index contributed by atoms with van der Waals surface area (Å²) in [5, 5.41) is 10.2. The predicted molar refractivity (Wildman–Crippen MR) is 128 cm³/mol. The van der Waals surface area contributed by atoms with Crippen LogP contribution in [0.3, 0.4) is 0 Å². The number of nitrogens with zero attached hydrogens (tertiary/aromatic N) is 2. The largest absolute Gasteiger partial charge is 0.491 e. The van der Waals surface area contributed by atoms with Crippen LogP contribution in [0.4, 0.5) is 0 Å². The van der Waals surface area contributed by atoms with Gasteiger partial charge >= 0.3 is 0 Å². The lowest BCUT2D eigenvalue weighted by atomic mass is 9.86. The molecule has 6 heteroatoms. The Morgan fingerprint density at radius 3 is 2.59 bits per heavy atom. The number of amides is 1. The van der Waals surface area contributed by atoms with Gasteiger partial charge in [-0.25, -0.2) is 0 Å². The molecule has 32 heavy (non-hydrogen) atoms. The summed E-state index contributed by atoms with van der Waals surface area (Å²) in [5.41, 5.74) is 4.46. The quantitative estimate of drug-likeness (QED) is 0.704. The van der Waals surface area contributed by atoms with E-state index in [-0.39, 0.29) is 5.91 Å². The first-order chi connectivity index (χ1) is 15.3. The molecule has 5 nitrogen and oxygen atoms in total. The number of ether oxygens (including phenoxy) is 1. The van der Waals surface area contributed by atoms with Gasteiger partial charge in [0.1, 0.15) is 12.4 Å². The summed E-state index contributed by atoms with van der Waals surface area (Å²) in [5.74, 6) is 0.938. The van der Waals surface area contributed by atoms with Crippen LogP contribution < -0.4 is 4.74 Å².